The van der Waals surface area contributed by atoms with Gasteiger partial charge in [-0.25, -0.2) is 0 Å². The van der Waals surface area contributed by atoms with Crippen LogP contribution in [0.2, 0.25) is 0 Å². The normalized spacial score (nSPS) is 10.4. The van der Waals surface area contributed by atoms with E-state index in [1.165, 1.54) is 6.92 Å². The minimum Gasteiger partial charge on any atom is -0.506 e. The summed E-state index contributed by atoms with van der Waals surface area (Å²) in [6.07, 6.45) is 0. The Kier molecular flexibility index (Phi) is 4.16. The molecule has 0 spiro atoms. The SMILES string of the molecule is CC(=O)Nc1ccc(NC(=O)c2ccc3ccccc3c2O)cc1. The molecule has 0 heterocycles. The highest BCUT2D eigenvalue weighted by Gasteiger charge is 2.13. The molecule has 3 N–H and O–H groups in total. The number of nitrogens with one attached hydrogen (secondary N) is 2. The number of fused-ring (bicyclic) bond motifs is 1. The Bertz CT molecular complexity index is 918. The number of carbonyl (C=O) groups is 2. The number of amides is 2. The number of carbonyl (C=O) groups excluding carboxylic acids is 2. The lowest BCUT2D eigenvalue weighted by atomic mass is 10.0. The van der Waals surface area contributed by atoms with Crippen molar-refractivity contribution < 1.29 is 14.7 Å². The Morgan fingerprint density at radius 2 is 1.46 bits per heavy atom. The van der Waals surface area contributed by atoms with Gasteiger partial charge in [-0.2, -0.15) is 0 Å². The van der Waals surface area contributed by atoms with Crippen molar-refractivity contribution >= 4 is 34.0 Å². The molecule has 0 aliphatic carbocycles. The first kappa shape index (κ1) is 15.6. The average Bonchev–Trinajstić information content (AvgIpc) is 2.56. The van der Waals surface area contributed by atoms with Crippen molar-refractivity contribution in [1.82, 2.24) is 0 Å². The molecule has 0 saturated carbocycles. The van der Waals surface area contributed by atoms with Crippen LogP contribution >= 0.6 is 0 Å². The lowest BCUT2D eigenvalue weighted by Gasteiger charge is -2.10. The van der Waals surface area contributed by atoms with Crippen LogP contribution in [-0.4, -0.2) is 16.9 Å². The van der Waals surface area contributed by atoms with Crippen LogP contribution in [0, 0.1) is 0 Å². The lowest BCUT2D eigenvalue weighted by molar-refractivity contribution is -0.114. The van der Waals surface area contributed by atoms with Crippen LogP contribution in [0.25, 0.3) is 10.8 Å². The Labute approximate surface area is 138 Å². The van der Waals surface area contributed by atoms with E-state index >= 15 is 0 Å². The highest BCUT2D eigenvalue weighted by Crippen LogP contribution is 2.29. The summed E-state index contributed by atoms with van der Waals surface area (Å²) in [5.41, 5.74) is 1.43. The molecule has 3 aromatic rings. The Balaban J connectivity index is 1.82. The summed E-state index contributed by atoms with van der Waals surface area (Å²) in [5, 5.41) is 17.2. The third-order valence-electron chi connectivity index (χ3n) is 3.61. The van der Waals surface area contributed by atoms with Gasteiger partial charge in [0, 0.05) is 23.7 Å². The van der Waals surface area contributed by atoms with Crippen molar-refractivity contribution in [3.8, 4) is 5.75 Å². The van der Waals surface area contributed by atoms with Gasteiger partial charge in [0.1, 0.15) is 5.75 Å². The van der Waals surface area contributed by atoms with E-state index in [1.54, 1.807) is 42.5 Å². The molecular formula is C19H16N2O3. The van der Waals surface area contributed by atoms with Gasteiger partial charge in [-0.1, -0.05) is 30.3 Å². The maximum absolute atomic E-state index is 12.4. The van der Waals surface area contributed by atoms with Crippen LogP contribution in [0.4, 0.5) is 11.4 Å². The number of benzene rings is 3. The second-order valence-corrected chi connectivity index (χ2v) is 5.40. The maximum Gasteiger partial charge on any atom is 0.259 e. The van der Waals surface area contributed by atoms with E-state index in [1.807, 2.05) is 18.2 Å². The predicted octanol–water partition coefficient (Wildman–Crippen LogP) is 3.76. The lowest BCUT2D eigenvalue weighted by Crippen LogP contribution is -2.12. The van der Waals surface area contributed by atoms with Crippen LogP contribution in [-0.2, 0) is 4.79 Å². The van der Waals surface area contributed by atoms with Crippen LogP contribution < -0.4 is 10.6 Å². The number of rotatable bonds is 3. The topological polar surface area (TPSA) is 78.4 Å². The van der Waals surface area contributed by atoms with Gasteiger partial charge in [0.25, 0.3) is 5.91 Å². The first-order valence-electron chi connectivity index (χ1n) is 7.44. The van der Waals surface area contributed by atoms with Gasteiger partial charge < -0.3 is 15.7 Å². The van der Waals surface area contributed by atoms with E-state index in [-0.39, 0.29) is 17.2 Å². The third-order valence-corrected chi connectivity index (χ3v) is 3.61. The van der Waals surface area contributed by atoms with Gasteiger partial charge in [-0.15, -0.1) is 0 Å². The first-order chi connectivity index (χ1) is 11.5. The maximum atomic E-state index is 12.4. The molecular weight excluding hydrogens is 304 g/mol. The van der Waals surface area contributed by atoms with E-state index in [0.29, 0.717) is 16.8 Å². The van der Waals surface area contributed by atoms with Gasteiger partial charge in [-0.05, 0) is 35.7 Å². The second kappa shape index (κ2) is 6.42. The number of phenolic OH excluding ortho intramolecular Hbond substituents is 1. The third kappa shape index (κ3) is 3.20. The monoisotopic (exact) mass is 320 g/mol. The van der Waals surface area contributed by atoms with E-state index < -0.39 is 5.91 Å². The minimum absolute atomic E-state index is 0.0412. The summed E-state index contributed by atoms with van der Waals surface area (Å²) in [6.45, 7) is 1.43. The second-order valence-electron chi connectivity index (χ2n) is 5.40. The Morgan fingerprint density at radius 3 is 2.12 bits per heavy atom. The van der Waals surface area contributed by atoms with Crippen LogP contribution in [0.3, 0.4) is 0 Å². The zero-order valence-corrected chi connectivity index (χ0v) is 13.0. The van der Waals surface area contributed by atoms with Crippen molar-refractivity contribution in [3.05, 3.63) is 66.2 Å². The summed E-state index contributed by atoms with van der Waals surface area (Å²) < 4.78 is 0. The number of aromatic hydroxyl groups is 1. The summed E-state index contributed by atoms with van der Waals surface area (Å²) in [5.74, 6) is -0.598. The van der Waals surface area contributed by atoms with Crippen molar-refractivity contribution in [3.63, 3.8) is 0 Å². The van der Waals surface area contributed by atoms with Crippen LogP contribution in [0.5, 0.6) is 5.75 Å². The molecule has 0 saturated heterocycles. The molecule has 2 amide bonds. The largest absolute Gasteiger partial charge is 0.506 e. The fourth-order valence-electron chi connectivity index (χ4n) is 2.48. The molecule has 0 bridgehead atoms. The van der Waals surface area contributed by atoms with Gasteiger partial charge in [0.05, 0.1) is 5.56 Å². The van der Waals surface area contributed by atoms with Crippen molar-refractivity contribution in [2.75, 3.05) is 10.6 Å². The van der Waals surface area contributed by atoms with Crippen molar-refractivity contribution in [2.24, 2.45) is 0 Å². The number of anilines is 2. The zero-order chi connectivity index (χ0) is 17.1. The number of hydrogen-bond donors (Lipinski definition) is 3. The summed E-state index contributed by atoms with van der Waals surface area (Å²) in [4.78, 5) is 23.4. The molecule has 120 valence electrons. The molecule has 5 heteroatoms. The molecule has 5 nitrogen and oxygen atoms in total. The van der Waals surface area contributed by atoms with Crippen LogP contribution in [0.15, 0.2) is 60.7 Å². The molecule has 24 heavy (non-hydrogen) atoms. The van der Waals surface area contributed by atoms with Gasteiger partial charge in [-0.3, -0.25) is 9.59 Å². The van der Waals surface area contributed by atoms with Crippen molar-refractivity contribution in [2.45, 2.75) is 6.92 Å². The zero-order valence-electron chi connectivity index (χ0n) is 13.0. The summed E-state index contributed by atoms with van der Waals surface area (Å²) >= 11 is 0. The smallest absolute Gasteiger partial charge is 0.259 e. The highest BCUT2D eigenvalue weighted by molar-refractivity contribution is 6.09. The Hall–Kier alpha value is -3.34. The number of hydrogen-bond acceptors (Lipinski definition) is 3. The first-order valence-corrected chi connectivity index (χ1v) is 7.44. The van der Waals surface area contributed by atoms with E-state index in [4.69, 9.17) is 0 Å². The molecule has 0 fully saturated rings. The molecule has 0 unspecified atom stereocenters. The molecule has 0 aliphatic rings. The van der Waals surface area contributed by atoms with Crippen molar-refractivity contribution in [1.29, 1.82) is 0 Å². The molecule has 0 aliphatic heterocycles. The number of phenols is 1. The van der Waals surface area contributed by atoms with Crippen LogP contribution in [0.1, 0.15) is 17.3 Å². The van der Waals surface area contributed by atoms with Gasteiger partial charge in [0.15, 0.2) is 0 Å². The van der Waals surface area contributed by atoms with Gasteiger partial charge in [0.2, 0.25) is 5.91 Å². The Morgan fingerprint density at radius 1 is 0.833 bits per heavy atom. The summed E-state index contributed by atoms with van der Waals surface area (Å²) in [6, 6.07) is 17.5. The fraction of sp³-hybridized carbons (Fsp3) is 0.0526. The van der Waals surface area contributed by atoms with E-state index in [0.717, 1.165) is 5.39 Å². The average molecular weight is 320 g/mol. The highest BCUT2D eigenvalue weighted by atomic mass is 16.3. The van der Waals surface area contributed by atoms with E-state index in [2.05, 4.69) is 10.6 Å². The predicted molar refractivity (Wildman–Crippen MR) is 94.3 cm³/mol. The van der Waals surface area contributed by atoms with Gasteiger partial charge >= 0.3 is 0 Å². The molecule has 0 radical (unpaired) electrons. The molecule has 3 aromatic carbocycles. The standard InChI is InChI=1S/C19H16N2O3/c1-12(22)20-14-7-9-15(10-8-14)21-19(24)17-11-6-13-4-2-3-5-16(13)18(17)23/h2-11,23H,1H3,(H,20,22)(H,21,24). The molecule has 0 atom stereocenters. The summed E-state index contributed by atoms with van der Waals surface area (Å²) in [7, 11) is 0. The fourth-order valence-corrected chi connectivity index (χ4v) is 2.48. The van der Waals surface area contributed by atoms with E-state index in [9.17, 15) is 14.7 Å². The minimum atomic E-state index is -0.398. The molecule has 0 aromatic heterocycles. The molecule has 3 rings (SSSR count). The quantitative estimate of drug-likeness (QED) is 0.687.